The van der Waals surface area contributed by atoms with Gasteiger partial charge in [0.05, 0.1) is 6.54 Å². The third-order valence-electron chi connectivity index (χ3n) is 3.95. The molecule has 0 bridgehead atoms. The van der Waals surface area contributed by atoms with Crippen molar-refractivity contribution >= 4 is 0 Å². The lowest BCUT2D eigenvalue weighted by molar-refractivity contribution is 0.105. The molecule has 1 aromatic heterocycles. The summed E-state index contributed by atoms with van der Waals surface area (Å²) >= 11 is 0. The van der Waals surface area contributed by atoms with Crippen LogP contribution in [0.5, 0.6) is 0 Å². The molecule has 2 aliphatic rings. The van der Waals surface area contributed by atoms with Gasteiger partial charge in [-0.2, -0.15) is 4.98 Å². The minimum absolute atomic E-state index is 0.253. The van der Waals surface area contributed by atoms with Crippen molar-refractivity contribution in [3.8, 4) is 0 Å². The van der Waals surface area contributed by atoms with Crippen molar-refractivity contribution in [2.75, 3.05) is 13.2 Å². The van der Waals surface area contributed by atoms with Crippen LogP contribution in [0.25, 0.3) is 0 Å². The molecule has 100 valence electrons. The third-order valence-corrected chi connectivity index (χ3v) is 3.95. The van der Waals surface area contributed by atoms with Crippen LogP contribution in [0.4, 0.5) is 0 Å². The van der Waals surface area contributed by atoms with Gasteiger partial charge in [-0.25, -0.2) is 0 Å². The minimum Gasteiger partial charge on any atom is -0.396 e. The Morgan fingerprint density at radius 2 is 2.11 bits per heavy atom. The van der Waals surface area contributed by atoms with Crippen molar-refractivity contribution in [2.45, 2.75) is 57.0 Å². The maximum atomic E-state index is 8.96. The summed E-state index contributed by atoms with van der Waals surface area (Å²) in [5.74, 6) is 2.16. The number of rotatable bonds is 7. The topological polar surface area (TPSA) is 62.4 Å². The molecule has 0 saturated heterocycles. The van der Waals surface area contributed by atoms with Crippen molar-refractivity contribution in [2.24, 2.45) is 0 Å². The van der Waals surface area contributed by atoms with E-state index in [1.54, 1.807) is 0 Å². The first kappa shape index (κ1) is 12.1. The van der Waals surface area contributed by atoms with Gasteiger partial charge in [0.25, 0.3) is 0 Å². The summed E-state index contributed by atoms with van der Waals surface area (Å²) in [6, 6.07) is 0.652. The average molecular weight is 251 g/mol. The van der Waals surface area contributed by atoms with E-state index in [2.05, 4.69) is 15.0 Å². The van der Waals surface area contributed by atoms with E-state index < -0.39 is 0 Å². The van der Waals surface area contributed by atoms with Gasteiger partial charge in [0, 0.05) is 25.1 Å². The number of hydrogen-bond acceptors (Lipinski definition) is 5. The lowest BCUT2D eigenvalue weighted by atomic mass is 9.91. The Balaban J connectivity index is 1.58. The molecule has 0 aromatic carbocycles. The molecule has 0 radical (unpaired) electrons. The van der Waals surface area contributed by atoms with Crippen LogP contribution < -0.4 is 0 Å². The van der Waals surface area contributed by atoms with Gasteiger partial charge >= 0.3 is 0 Å². The first-order valence-electron chi connectivity index (χ1n) is 7.04. The molecule has 5 heteroatoms. The molecule has 0 aliphatic heterocycles. The average Bonchev–Trinajstić information content (AvgIpc) is 3.05. The lowest BCUT2D eigenvalue weighted by Gasteiger charge is -2.36. The quantitative estimate of drug-likeness (QED) is 0.799. The molecule has 1 N–H and O–H groups in total. The van der Waals surface area contributed by atoms with E-state index in [0.717, 1.165) is 31.2 Å². The molecule has 0 spiro atoms. The molecule has 0 unspecified atom stereocenters. The van der Waals surface area contributed by atoms with Gasteiger partial charge in [0.15, 0.2) is 5.82 Å². The van der Waals surface area contributed by atoms with Crippen LogP contribution in [0.15, 0.2) is 4.52 Å². The smallest absolute Gasteiger partial charge is 0.229 e. The predicted molar refractivity (Wildman–Crippen MR) is 66.0 cm³/mol. The van der Waals surface area contributed by atoms with Gasteiger partial charge in [-0.3, -0.25) is 4.90 Å². The fourth-order valence-corrected chi connectivity index (χ4v) is 2.43. The molecule has 2 fully saturated rings. The molecule has 0 atom stereocenters. The lowest BCUT2D eigenvalue weighted by Crippen LogP contribution is -2.40. The highest BCUT2D eigenvalue weighted by Gasteiger charge is 2.31. The molecular formula is C13H21N3O2. The van der Waals surface area contributed by atoms with Gasteiger partial charge in [0.2, 0.25) is 5.89 Å². The summed E-state index contributed by atoms with van der Waals surface area (Å²) in [6.45, 7) is 1.94. The highest BCUT2D eigenvalue weighted by atomic mass is 16.5. The molecule has 1 heterocycles. The summed E-state index contributed by atoms with van der Waals surface area (Å²) in [5, 5.41) is 13.0. The fraction of sp³-hybridized carbons (Fsp3) is 0.846. The van der Waals surface area contributed by atoms with E-state index in [0.29, 0.717) is 12.0 Å². The second-order valence-electron chi connectivity index (χ2n) is 5.46. The number of aromatic nitrogens is 2. The van der Waals surface area contributed by atoms with Crippen molar-refractivity contribution in [1.29, 1.82) is 0 Å². The van der Waals surface area contributed by atoms with Gasteiger partial charge in [0.1, 0.15) is 0 Å². The monoisotopic (exact) mass is 251 g/mol. The number of hydrogen-bond donors (Lipinski definition) is 1. The Morgan fingerprint density at radius 3 is 2.72 bits per heavy atom. The maximum absolute atomic E-state index is 8.96. The number of aliphatic hydroxyl groups is 1. The molecule has 1 aromatic rings. The van der Waals surface area contributed by atoms with Crippen LogP contribution >= 0.6 is 0 Å². The molecule has 3 rings (SSSR count). The Labute approximate surface area is 107 Å². The second-order valence-corrected chi connectivity index (χ2v) is 5.46. The third kappa shape index (κ3) is 2.72. The normalized spacial score (nSPS) is 20.3. The van der Waals surface area contributed by atoms with Crippen LogP contribution in [0, 0.1) is 0 Å². The van der Waals surface area contributed by atoms with E-state index in [9.17, 15) is 0 Å². The summed E-state index contributed by atoms with van der Waals surface area (Å²) in [7, 11) is 0. The zero-order valence-corrected chi connectivity index (χ0v) is 10.7. The van der Waals surface area contributed by atoms with E-state index in [1.807, 2.05) is 0 Å². The Morgan fingerprint density at radius 1 is 1.28 bits per heavy atom. The Hall–Kier alpha value is -0.940. The molecule has 18 heavy (non-hydrogen) atoms. The van der Waals surface area contributed by atoms with Crippen molar-refractivity contribution in [3.63, 3.8) is 0 Å². The maximum Gasteiger partial charge on any atom is 0.229 e. The summed E-state index contributed by atoms with van der Waals surface area (Å²) in [5.41, 5.74) is 0. The van der Waals surface area contributed by atoms with Crippen LogP contribution in [0.3, 0.4) is 0 Å². The second kappa shape index (κ2) is 5.36. The van der Waals surface area contributed by atoms with E-state index in [4.69, 9.17) is 9.63 Å². The van der Waals surface area contributed by atoms with Crippen molar-refractivity contribution in [3.05, 3.63) is 11.7 Å². The standard InChI is InChI=1S/C13H21N3O2/c17-8-2-7-16(11-3-1-4-11)9-12-14-13(18-15-12)10-5-6-10/h10-11,17H,1-9H2. The Kier molecular flexibility index (Phi) is 3.61. The fourth-order valence-electron chi connectivity index (χ4n) is 2.43. The minimum atomic E-state index is 0.253. The van der Waals surface area contributed by atoms with E-state index in [1.165, 1.54) is 32.1 Å². The zero-order valence-electron chi connectivity index (χ0n) is 10.7. The zero-order chi connectivity index (χ0) is 12.4. The number of aliphatic hydroxyl groups excluding tert-OH is 1. The SMILES string of the molecule is OCCCN(Cc1noc(C2CC2)n1)C1CCC1. The largest absolute Gasteiger partial charge is 0.396 e. The van der Waals surface area contributed by atoms with Gasteiger partial charge in [-0.1, -0.05) is 11.6 Å². The molecule has 0 amide bonds. The molecular weight excluding hydrogens is 230 g/mol. The molecule has 2 aliphatic carbocycles. The number of nitrogens with zero attached hydrogens (tertiary/aromatic N) is 3. The van der Waals surface area contributed by atoms with E-state index in [-0.39, 0.29) is 6.61 Å². The van der Waals surface area contributed by atoms with Gasteiger partial charge in [-0.05, 0) is 32.1 Å². The molecule has 2 saturated carbocycles. The van der Waals surface area contributed by atoms with Crippen LogP contribution in [0.2, 0.25) is 0 Å². The highest BCUT2D eigenvalue weighted by molar-refractivity contribution is 5.02. The van der Waals surface area contributed by atoms with Gasteiger partial charge < -0.3 is 9.63 Å². The van der Waals surface area contributed by atoms with Crippen LogP contribution in [0.1, 0.15) is 56.2 Å². The van der Waals surface area contributed by atoms with Crippen LogP contribution in [-0.4, -0.2) is 39.3 Å². The van der Waals surface area contributed by atoms with Crippen molar-refractivity contribution < 1.29 is 9.63 Å². The molecule has 5 nitrogen and oxygen atoms in total. The summed E-state index contributed by atoms with van der Waals surface area (Å²) in [4.78, 5) is 6.87. The van der Waals surface area contributed by atoms with Crippen molar-refractivity contribution in [1.82, 2.24) is 15.0 Å². The van der Waals surface area contributed by atoms with Gasteiger partial charge in [-0.15, -0.1) is 0 Å². The highest BCUT2D eigenvalue weighted by Crippen LogP contribution is 2.39. The van der Waals surface area contributed by atoms with Crippen LogP contribution in [-0.2, 0) is 6.54 Å². The Bertz CT molecular complexity index is 385. The van der Waals surface area contributed by atoms with E-state index >= 15 is 0 Å². The first-order valence-corrected chi connectivity index (χ1v) is 7.04. The predicted octanol–water partition coefficient (Wildman–Crippen LogP) is 1.68. The first-order chi connectivity index (χ1) is 8.86. The summed E-state index contributed by atoms with van der Waals surface area (Å²) in [6.07, 6.45) is 7.05. The summed E-state index contributed by atoms with van der Waals surface area (Å²) < 4.78 is 5.29.